The SMILES string of the molecule is COc1ccc(OC)c(N(CC(=O)N(Cc2ccc(Br)cc2)[C@H](C)C(=O)NC2CCCC2)S(=O)(=O)c2ccc(C)cc2)c1. The third-order valence-corrected chi connectivity index (χ3v) is 9.98. The Hall–Kier alpha value is -3.57. The largest absolute Gasteiger partial charge is 0.497 e. The van der Waals surface area contributed by atoms with E-state index >= 15 is 0 Å². The van der Waals surface area contributed by atoms with Gasteiger partial charge in [0.1, 0.15) is 24.1 Å². The monoisotopic (exact) mass is 671 g/mol. The molecule has 1 aliphatic carbocycles. The number of nitrogens with one attached hydrogen (secondary N) is 1. The van der Waals surface area contributed by atoms with Gasteiger partial charge in [0.05, 0.1) is 24.8 Å². The second-order valence-corrected chi connectivity index (χ2v) is 13.5. The number of ether oxygens (including phenoxy) is 2. The van der Waals surface area contributed by atoms with Crippen LogP contribution in [0.5, 0.6) is 11.5 Å². The van der Waals surface area contributed by atoms with Gasteiger partial charge in [0.2, 0.25) is 11.8 Å². The highest BCUT2D eigenvalue weighted by molar-refractivity contribution is 9.10. The fourth-order valence-corrected chi connectivity index (χ4v) is 6.78. The predicted molar refractivity (Wildman–Crippen MR) is 170 cm³/mol. The molecule has 230 valence electrons. The Balaban J connectivity index is 1.75. The molecule has 1 aliphatic rings. The molecule has 1 fully saturated rings. The fraction of sp³-hybridized carbons (Fsp3) is 0.375. The molecule has 3 aromatic carbocycles. The van der Waals surface area contributed by atoms with Crippen LogP contribution in [0.2, 0.25) is 0 Å². The lowest BCUT2D eigenvalue weighted by Crippen LogP contribution is -2.52. The number of carbonyl (C=O) groups is 2. The summed E-state index contributed by atoms with van der Waals surface area (Å²) in [6, 6.07) is 17.8. The molecule has 0 spiro atoms. The summed E-state index contributed by atoms with van der Waals surface area (Å²) in [6.45, 7) is 3.07. The van der Waals surface area contributed by atoms with E-state index < -0.39 is 28.5 Å². The number of carbonyl (C=O) groups excluding carboxylic acids is 2. The van der Waals surface area contributed by atoms with Crippen LogP contribution in [-0.4, -0.2) is 58.0 Å². The van der Waals surface area contributed by atoms with Gasteiger partial charge in [-0.25, -0.2) is 8.42 Å². The molecule has 0 aliphatic heterocycles. The Labute approximate surface area is 262 Å². The minimum absolute atomic E-state index is 0.0160. The van der Waals surface area contributed by atoms with Crippen LogP contribution in [0.3, 0.4) is 0 Å². The lowest BCUT2D eigenvalue weighted by molar-refractivity contribution is -0.139. The van der Waals surface area contributed by atoms with Crippen LogP contribution in [0.25, 0.3) is 0 Å². The molecule has 1 atom stereocenters. The highest BCUT2D eigenvalue weighted by Crippen LogP contribution is 2.36. The van der Waals surface area contributed by atoms with Crippen LogP contribution in [0.1, 0.15) is 43.7 Å². The van der Waals surface area contributed by atoms with E-state index in [0.29, 0.717) is 5.75 Å². The van der Waals surface area contributed by atoms with E-state index in [-0.39, 0.29) is 34.8 Å². The van der Waals surface area contributed by atoms with Crippen LogP contribution in [-0.2, 0) is 26.2 Å². The maximum atomic E-state index is 14.2. The van der Waals surface area contributed by atoms with Crippen molar-refractivity contribution in [2.75, 3.05) is 25.1 Å². The molecule has 2 amide bonds. The number of benzene rings is 3. The number of hydrogen-bond donors (Lipinski definition) is 1. The van der Waals surface area contributed by atoms with E-state index in [4.69, 9.17) is 9.47 Å². The quantitative estimate of drug-likeness (QED) is 0.275. The van der Waals surface area contributed by atoms with E-state index in [2.05, 4.69) is 21.2 Å². The first-order chi connectivity index (χ1) is 20.5. The highest BCUT2D eigenvalue weighted by atomic mass is 79.9. The molecule has 3 aromatic rings. The van der Waals surface area contributed by atoms with Crippen molar-refractivity contribution in [1.29, 1.82) is 0 Å². The van der Waals surface area contributed by atoms with Gasteiger partial charge >= 0.3 is 0 Å². The zero-order chi connectivity index (χ0) is 31.1. The predicted octanol–water partition coefficient (Wildman–Crippen LogP) is 5.45. The molecule has 1 saturated carbocycles. The lowest BCUT2D eigenvalue weighted by Gasteiger charge is -2.33. The topological polar surface area (TPSA) is 105 Å². The first-order valence-corrected chi connectivity index (χ1v) is 16.4. The van der Waals surface area contributed by atoms with Crippen molar-refractivity contribution >= 4 is 43.5 Å². The van der Waals surface area contributed by atoms with E-state index in [1.54, 1.807) is 31.2 Å². The number of halogens is 1. The van der Waals surface area contributed by atoms with Gasteiger partial charge in [-0.3, -0.25) is 13.9 Å². The Morgan fingerprint density at radius 3 is 2.23 bits per heavy atom. The van der Waals surface area contributed by atoms with Crippen LogP contribution in [0.4, 0.5) is 5.69 Å². The van der Waals surface area contributed by atoms with Crippen molar-refractivity contribution in [2.45, 2.75) is 63.1 Å². The van der Waals surface area contributed by atoms with Gasteiger partial charge in [-0.05, 0) is 68.7 Å². The summed E-state index contributed by atoms with van der Waals surface area (Å²) < 4.78 is 41.2. The lowest BCUT2D eigenvalue weighted by atomic mass is 10.1. The van der Waals surface area contributed by atoms with Gasteiger partial charge in [-0.1, -0.05) is 58.6 Å². The van der Waals surface area contributed by atoms with Crippen molar-refractivity contribution in [2.24, 2.45) is 0 Å². The number of anilines is 1. The molecule has 43 heavy (non-hydrogen) atoms. The molecule has 0 aromatic heterocycles. The van der Waals surface area contributed by atoms with E-state index in [9.17, 15) is 18.0 Å². The van der Waals surface area contributed by atoms with Crippen molar-refractivity contribution in [3.05, 3.63) is 82.3 Å². The van der Waals surface area contributed by atoms with Gasteiger partial charge in [0.15, 0.2) is 0 Å². The average Bonchev–Trinajstić information content (AvgIpc) is 3.52. The second-order valence-electron chi connectivity index (χ2n) is 10.7. The van der Waals surface area contributed by atoms with Crippen LogP contribution in [0.15, 0.2) is 76.1 Å². The Bertz CT molecular complexity index is 1520. The van der Waals surface area contributed by atoms with E-state index in [1.165, 1.54) is 37.3 Å². The first-order valence-electron chi connectivity index (χ1n) is 14.2. The summed E-state index contributed by atoms with van der Waals surface area (Å²) in [7, 11) is -1.35. The van der Waals surface area contributed by atoms with Crippen LogP contribution >= 0.6 is 15.9 Å². The Morgan fingerprint density at radius 1 is 0.977 bits per heavy atom. The van der Waals surface area contributed by atoms with E-state index in [0.717, 1.165) is 45.6 Å². The summed E-state index contributed by atoms with van der Waals surface area (Å²) in [6.07, 6.45) is 3.90. The van der Waals surface area contributed by atoms with Crippen molar-refractivity contribution in [3.8, 4) is 11.5 Å². The molecule has 0 radical (unpaired) electrons. The average molecular weight is 673 g/mol. The maximum Gasteiger partial charge on any atom is 0.264 e. The normalized spacial score (nSPS) is 14.2. The first kappa shape index (κ1) is 32.3. The van der Waals surface area contributed by atoms with Gasteiger partial charge in [-0.15, -0.1) is 0 Å². The van der Waals surface area contributed by atoms with Crippen LogP contribution in [0, 0.1) is 6.92 Å². The number of aryl methyl sites for hydroxylation is 1. The molecule has 0 heterocycles. The molecule has 0 bridgehead atoms. The number of methoxy groups -OCH3 is 2. The third kappa shape index (κ3) is 7.88. The maximum absolute atomic E-state index is 14.2. The molecule has 0 unspecified atom stereocenters. The smallest absolute Gasteiger partial charge is 0.264 e. The molecule has 1 N–H and O–H groups in total. The molecule has 4 rings (SSSR count). The van der Waals surface area contributed by atoms with Gasteiger partial charge in [-0.2, -0.15) is 0 Å². The summed E-state index contributed by atoms with van der Waals surface area (Å²) in [4.78, 5) is 29.1. The third-order valence-electron chi connectivity index (χ3n) is 7.68. The van der Waals surface area contributed by atoms with Crippen molar-refractivity contribution in [1.82, 2.24) is 10.2 Å². The molecular weight excluding hydrogens is 634 g/mol. The summed E-state index contributed by atoms with van der Waals surface area (Å²) in [5.74, 6) is -0.180. The van der Waals surface area contributed by atoms with E-state index in [1.807, 2.05) is 31.2 Å². The minimum atomic E-state index is -4.26. The Morgan fingerprint density at radius 2 is 1.63 bits per heavy atom. The Kier molecular flexibility index (Phi) is 10.7. The fourth-order valence-electron chi connectivity index (χ4n) is 5.10. The summed E-state index contributed by atoms with van der Waals surface area (Å²) in [5.41, 5.74) is 1.83. The summed E-state index contributed by atoms with van der Waals surface area (Å²) >= 11 is 3.43. The van der Waals surface area contributed by atoms with Crippen molar-refractivity contribution in [3.63, 3.8) is 0 Å². The van der Waals surface area contributed by atoms with Crippen LogP contribution < -0.4 is 19.1 Å². The number of rotatable bonds is 12. The zero-order valence-electron chi connectivity index (χ0n) is 24.9. The van der Waals surface area contributed by atoms with Gasteiger partial charge < -0.3 is 19.7 Å². The van der Waals surface area contributed by atoms with Gasteiger partial charge in [0, 0.05) is 23.1 Å². The molecule has 9 nitrogen and oxygen atoms in total. The molecule has 0 saturated heterocycles. The molecule has 11 heteroatoms. The minimum Gasteiger partial charge on any atom is -0.497 e. The number of sulfonamides is 1. The second kappa shape index (κ2) is 14.3. The number of amides is 2. The zero-order valence-corrected chi connectivity index (χ0v) is 27.3. The summed E-state index contributed by atoms with van der Waals surface area (Å²) in [5, 5.41) is 3.08. The standard InChI is InChI=1S/C32H38BrN3O6S/c1-22-9-16-28(17-10-22)43(39,40)36(29-19-27(41-3)15-18-30(29)42-4)21-31(37)35(20-24-11-13-25(33)14-12-24)23(2)32(38)34-26-7-5-6-8-26/h9-19,23,26H,5-8,20-21H2,1-4H3,(H,34,38)/t23-/m1/s1. The van der Waals surface area contributed by atoms with Crippen molar-refractivity contribution < 1.29 is 27.5 Å². The number of hydrogen-bond acceptors (Lipinski definition) is 6. The highest BCUT2D eigenvalue weighted by Gasteiger charge is 2.34. The van der Waals surface area contributed by atoms with Gasteiger partial charge in [0.25, 0.3) is 10.0 Å². The molecular formula is C32H38BrN3O6S. The number of nitrogens with zero attached hydrogens (tertiary/aromatic N) is 2.